The van der Waals surface area contributed by atoms with Crippen LogP contribution < -0.4 is 0 Å². The smallest absolute Gasteiger partial charge is 0.110 e. The molecule has 0 aliphatic carbocycles. The number of hydrogen-bond acceptors (Lipinski definition) is 2. The summed E-state index contributed by atoms with van der Waals surface area (Å²) in [4.78, 5) is 2.60. The Bertz CT molecular complexity index is 246. The van der Waals surface area contributed by atoms with Crippen LogP contribution in [0.2, 0.25) is 0 Å². The lowest BCUT2D eigenvalue weighted by Gasteiger charge is -1.80. The van der Waals surface area contributed by atoms with Crippen molar-refractivity contribution >= 4 is 5.69 Å². The van der Waals surface area contributed by atoms with Gasteiger partial charge in [0.1, 0.15) is 5.76 Å². The van der Waals surface area contributed by atoms with Crippen LogP contribution in [0.4, 0.5) is 5.69 Å². The van der Waals surface area contributed by atoms with Gasteiger partial charge in [-0.15, -0.1) is 0 Å². The number of azide groups is 1. The van der Waals surface area contributed by atoms with Gasteiger partial charge in [0.05, 0.1) is 12.0 Å². The molecule has 0 bridgehead atoms. The minimum Gasteiger partial charge on any atom is -0.469 e. The summed E-state index contributed by atoms with van der Waals surface area (Å²) in [6.07, 6.45) is 1.49. The van der Waals surface area contributed by atoms with Gasteiger partial charge in [0.25, 0.3) is 0 Å². The van der Waals surface area contributed by atoms with E-state index in [9.17, 15) is 0 Å². The van der Waals surface area contributed by atoms with E-state index in [1.165, 1.54) is 6.26 Å². The van der Waals surface area contributed by atoms with Crippen molar-refractivity contribution in [3.05, 3.63) is 28.5 Å². The van der Waals surface area contributed by atoms with Gasteiger partial charge in [-0.25, -0.2) is 0 Å². The van der Waals surface area contributed by atoms with Gasteiger partial charge < -0.3 is 4.42 Å². The summed E-state index contributed by atoms with van der Waals surface area (Å²) >= 11 is 0. The molecule has 1 heterocycles. The first-order valence-electron chi connectivity index (χ1n) is 2.44. The van der Waals surface area contributed by atoms with Gasteiger partial charge in [0.2, 0.25) is 0 Å². The summed E-state index contributed by atoms with van der Waals surface area (Å²) in [5, 5.41) is 3.35. The molecule has 0 N–H and O–H groups in total. The minimum absolute atomic E-state index is 0.553. The van der Waals surface area contributed by atoms with E-state index in [-0.39, 0.29) is 0 Å². The number of aryl methyl sites for hydroxylation is 1. The maximum atomic E-state index is 7.98. The van der Waals surface area contributed by atoms with Crippen molar-refractivity contribution < 1.29 is 4.42 Å². The Morgan fingerprint density at radius 2 is 2.56 bits per heavy atom. The first-order chi connectivity index (χ1) is 4.34. The number of furan rings is 1. The molecule has 4 heteroatoms. The first-order valence-corrected chi connectivity index (χ1v) is 2.44. The molecule has 0 aliphatic heterocycles. The zero-order chi connectivity index (χ0) is 6.69. The molecular weight excluding hydrogens is 118 g/mol. The van der Waals surface area contributed by atoms with Crippen molar-refractivity contribution in [1.82, 2.24) is 0 Å². The standard InChI is InChI=1S/C5H5N3O/c1-4-5(7-8-6)2-3-9-4/h2-3H,1H3. The van der Waals surface area contributed by atoms with Gasteiger partial charge in [-0.1, -0.05) is 5.11 Å². The van der Waals surface area contributed by atoms with Crippen LogP contribution >= 0.6 is 0 Å². The van der Waals surface area contributed by atoms with Crippen molar-refractivity contribution in [3.63, 3.8) is 0 Å². The summed E-state index contributed by atoms with van der Waals surface area (Å²) in [6.45, 7) is 1.74. The van der Waals surface area contributed by atoms with Crippen LogP contribution in [0.5, 0.6) is 0 Å². The van der Waals surface area contributed by atoms with Crippen LogP contribution in [0.3, 0.4) is 0 Å². The Morgan fingerprint density at radius 1 is 1.78 bits per heavy atom. The quantitative estimate of drug-likeness (QED) is 0.321. The van der Waals surface area contributed by atoms with Crippen LogP contribution in [0.25, 0.3) is 10.4 Å². The van der Waals surface area contributed by atoms with Gasteiger partial charge in [-0.3, -0.25) is 0 Å². The second kappa shape index (κ2) is 2.24. The number of hydrogen-bond donors (Lipinski definition) is 0. The van der Waals surface area contributed by atoms with Crippen LogP contribution in [-0.2, 0) is 0 Å². The van der Waals surface area contributed by atoms with Crippen LogP contribution in [-0.4, -0.2) is 0 Å². The highest BCUT2D eigenvalue weighted by Gasteiger charge is 1.94. The summed E-state index contributed by atoms with van der Waals surface area (Å²) < 4.78 is 4.85. The highest BCUT2D eigenvalue weighted by Crippen LogP contribution is 2.18. The molecule has 0 saturated carbocycles. The first kappa shape index (κ1) is 5.72. The van der Waals surface area contributed by atoms with Gasteiger partial charge in [-0.05, 0) is 18.5 Å². The molecule has 0 radical (unpaired) electrons. The van der Waals surface area contributed by atoms with E-state index in [1.807, 2.05) is 0 Å². The van der Waals surface area contributed by atoms with E-state index in [0.717, 1.165) is 0 Å². The lowest BCUT2D eigenvalue weighted by molar-refractivity contribution is 0.535. The predicted molar refractivity (Wildman–Crippen MR) is 32.3 cm³/mol. The molecule has 4 nitrogen and oxygen atoms in total. The summed E-state index contributed by atoms with van der Waals surface area (Å²) in [5.41, 5.74) is 8.53. The van der Waals surface area contributed by atoms with E-state index in [4.69, 9.17) is 9.95 Å². The van der Waals surface area contributed by atoms with Crippen molar-refractivity contribution in [1.29, 1.82) is 0 Å². The maximum absolute atomic E-state index is 7.98. The molecule has 0 atom stereocenters. The third kappa shape index (κ3) is 1.03. The molecule has 46 valence electrons. The summed E-state index contributed by atoms with van der Waals surface area (Å²) in [6, 6.07) is 1.62. The Kier molecular flexibility index (Phi) is 1.42. The van der Waals surface area contributed by atoms with Gasteiger partial charge >= 0.3 is 0 Å². The van der Waals surface area contributed by atoms with Crippen molar-refractivity contribution in [2.75, 3.05) is 0 Å². The van der Waals surface area contributed by atoms with Gasteiger partial charge in [-0.2, -0.15) is 0 Å². The molecule has 0 amide bonds. The molecule has 0 aliphatic rings. The van der Waals surface area contributed by atoms with Crippen LogP contribution in [0.15, 0.2) is 21.9 Å². The highest BCUT2D eigenvalue weighted by molar-refractivity contribution is 5.38. The normalized spacial score (nSPS) is 8.56. The Hall–Kier alpha value is -1.41. The van der Waals surface area contributed by atoms with E-state index in [0.29, 0.717) is 11.4 Å². The molecule has 0 fully saturated rings. The molecule has 1 aromatic heterocycles. The van der Waals surface area contributed by atoms with Gasteiger partial charge in [0.15, 0.2) is 0 Å². The topological polar surface area (TPSA) is 61.9 Å². The molecular formula is C5H5N3O. The molecule has 0 saturated heterocycles. The molecule has 0 unspecified atom stereocenters. The highest BCUT2D eigenvalue weighted by atomic mass is 16.3. The zero-order valence-corrected chi connectivity index (χ0v) is 4.90. The third-order valence-electron chi connectivity index (χ3n) is 0.984. The third-order valence-corrected chi connectivity index (χ3v) is 0.984. The summed E-state index contributed by atoms with van der Waals surface area (Å²) in [7, 11) is 0. The van der Waals surface area contributed by atoms with Crippen molar-refractivity contribution in [3.8, 4) is 0 Å². The average Bonchev–Trinajstić information content (AvgIpc) is 2.18. The minimum atomic E-state index is 0.553. The maximum Gasteiger partial charge on any atom is 0.110 e. The average molecular weight is 123 g/mol. The molecule has 1 rings (SSSR count). The lowest BCUT2D eigenvalue weighted by Crippen LogP contribution is -1.57. The Morgan fingerprint density at radius 3 is 3.00 bits per heavy atom. The number of rotatable bonds is 1. The number of nitrogens with zero attached hydrogens (tertiary/aromatic N) is 3. The molecule has 0 aromatic carbocycles. The SMILES string of the molecule is Cc1occc1N=[N+]=[N-]. The fourth-order valence-corrected chi connectivity index (χ4v) is 0.530. The van der Waals surface area contributed by atoms with E-state index < -0.39 is 0 Å². The molecule has 0 spiro atoms. The lowest BCUT2D eigenvalue weighted by atomic mass is 10.4. The van der Waals surface area contributed by atoms with Crippen molar-refractivity contribution in [2.24, 2.45) is 5.11 Å². The predicted octanol–water partition coefficient (Wildman–Crippen LogP) is 2.53. The van der Waals surface area contributed by atoms with Gasteiger partial charge in [0, 0.05) is 4.91 Å². The van der Waals surface area contributed by atoms with Crippen LogP contribution in [0.1, 0.15) is 5.76 Å². The second-order valence-corrected chi connectivity index (χ2v) is 1.55. The molecule has 9 heavy (non-hydrogen) atoms. The second-order valence-electron chi connectivity index (χ2n) is 1.55. The Labute approximate surface area is 51.7 Å². The van der Waals surface area contributed by atoms with E-state index in [1.54, 1.807) is 13.0 Å². The fraction of sp³-hybridized carbons (Fsp3) is 0.200. The van der Waals surface area contributed by atoms with E-state index in [2.05, 4.69) is 10.0 Å². The largest absolute Gasteiger partial charge is 0.469 e. The van der Waals surface area contributed by atoms with Crippen LogP contribution in [0, 0.1) is 6.92 Å². The van der Waals surface area contributed by atoms with E-state index >= 15 is 0 Å². The Balaban J connectivity index is 3.07. The summed E-state index contributed by atoms with van der Waals surface area (Å²) in [5.74, 6) is 0.646. The molecule has 1 aromatic rings. The zero-order valence-electron chi connectivity index (χ0n) is 4.90. The fourth-order valence-electron chi connectivity index (χ4n) is 0.530. The van der Waals surface area contributed by atoms with Crippen molar-refractivity contribution in [2.45, 2.75) is 6.92 Å². The monoisotopic (exact) mass is 123 g/mol.